The Morgan fingerprint density at radius 1 is 1.33 bits per heavy atom. The quantitative estimate of drug-likeness (QED) is 0.840. The molecule has 0 bridgehead atoms. The van der Waals surface area contributed by atoms with Crippen LogP contribution in [0.15, 0.2) is 0 Å². The van der Waals surface area contributed by atoms with Gasteiger partial charge in [-0.25, -0.2) is 0 Å². The molecule has 18 heavy (non-hydrogen) atoms. The Morgan fingerprint density at radius 2 is 2.06 bits per heavy atom. The second-order valence-electron chi connectivity index (χ2n) is 7.19. The second kappa shape index (κ2) is 5.10. The highest BCUT2D eigenvalue weighted by Crippen LogP contribution is 2.47. The summed E-state index contributed by atoms with van der Waals surface area (Å²) in [6.07, 6.45) is 6.57. The predicted molar refractivity (Wildman–Crippen MR) is 75.6 cm³/mol. The zero-order chi connectivity index (χ0) is 13.4. The molecule has 0 spiro atoms. The molecule has 1 saturated carbocycles. The minimum atomic E-state index is 0.252. The number of ether oxygens (including phenoxy) is 1. The molecule has 1 saturated heterocycles. The van der Waals surface area contributed by atoms with Gasteiger partial charge in [-0.2, -0.15) is 0 Å². The van der Waals surface area contributed by atoms with Crippen molar-refractivity contribution in [1.29, 1.82) is 0 Å². The van der Waals surface area contributed by atoms with E-state index in [9.17, 15) is 0 Å². The van der Waals surface area contributed by atoms with Crippen LogP contribution in [0.5, 0.6) is 0 Å². The van der Waals surface area contributed by atoms with E-state index in [-0.39, 0.29) is 5.54 Å². The van der Waals surface area contributed by atoms with Gasteiger partial charge in [0.25, 0.3) is 0 Å². The topological polar surface area (TPSA) is 38.5 Å². The molecule has 0 amide bonds. The van der Waals surface area contributed by atoms with Crippen LogP contribution < -0.4 is 5.73 Å². The highest BCUT2D eigenvalue weighted by molar-refractivity contribution is 5.04. The van der Waals surface area contributed by atoms with Crippen molar-refractivity contribution in [3.63, 3.8) is 0 Å². The minimum absolute atomic E-state index is 0.252. The van der Waals surface area contributed by atoms with Crippen LogP contribution in [0.25, 0.3) is 0 Å². The van der Waals surface area contributed by atoms with E-state index in [0.29, 0.717) is 17.6 Å². The molecular formula is C15H30N2O. The molecule has 0 aromatic rings. The number of hydrogen-bond acceptors (Lipinski definition) is 3. The maximum atomic E-state index is 6.18. The first kappa shape index (κ1) is 14.3. The zero-order valence-corrected chi connectivity index (χ0v) is 12.5. The molecule has 0 radical (unpaired) electrons. The minimum Gasteiger partial charge on any atom is -0.381 e. The van der Waals surface area contributed by atoms with Gasteiger partial charge in [-0.3, -0.25) is 4.90 Å². The van der Waals surface area contributed by atoms with Gasteiger partial charge in [-0.05, 0) is 44.4 Å². The summed E-state index contributed by atoms with van der Waals surface area (Å²) in [6.45, 7) is 9.06. The third-order valence-electron chi connectivity index (χ3n) is 5.23. The molecule has 0 aromatic carbocycles. The average Bonchev–Trinajstić information content (AvgIpc) is 2.66. The first-order valence-electron chi connectivity index (χ1n) is 7.42. The molecule has 0 aromatic heterocycles. The van der Waals surface area contributed by atoms with Gasteiger partial charge in [0.15, 0.2) is 0 Å². The normalized spacial score (nSPS) is 41.2. The van der Waals surface area contributed by atoms with Crippen LogP contribution in [0.4, 0.5) is 0 Å². The Balaban J connectivity index is 2.10. The lowest BCUT2D eigenvalue weighted by Gasteiger charge is -2.49. The molecule has 1 aliphatic heterocycles. The number of likely N-dealkylation sites (tertiary alicyclic amines) is 1. The fraction of sp³-hybridized carbons (Fsp3) is 1.00. The molecule has 2 rings (SSSR count). The summed E-state index contributed by atoms with van der Waals surface area (Å²) in [7, 11) is 1.84. The van der Waals surface area contributed by atoms with Crippen molar-refractivity contribution in [2.45, 2.75) is 70.6 Å². The Kier molecular flexibility index (Phi) is 4.05. The van der Waals surface area contributed by atoms with Gasteiger partial charge in [0, 0.05) is 31.8 Å². The lowest BCUT2D eigenvalue weighted by atomic mass is 9.84. The van der Waals surface area contributed by atoms with E-state index >= 15 is 0 Å². The van der Waals surface area contributed by atoms with Crippen molar-refractivity contribution in [1.82, 2.24) is 4.90 Å². The molecule has 3 nitrogen and oxygen atoms in total. The highest BCUT2D eigenvalue weighted by Gasteiger charge is 2.48. The van der Waals surface area contributed by atoms with E-state index in [1.54, 1.807) is 0 Å². The van der Waals surface area contributed by atoms with Crippen LogP contribution in [0.3, 0.4) is 0 Å². The molecular weight excluding hydrogens is 224 g/mol. The Labute approximate surface area is 112 Å². The largest absolute Gasteiger partial charge is 0.381 e. The summed E-state index contributed by atoms with van der Waals surface area (Å²) in [5.74, 6) is 0. The predicted octanol–water partition coefficient (Wildman–Crippen LogP) is 2.39. The van der Waals surface area contributed by atoms with Crippen LogP contribution in [0, 0.1) is 5.41 Å². The van der Waals surface area contributed by atoms with Gasteiger partial charge < -0.3 is 10.5 Å². The van der Waals surface area contributed by atoms with E-state index in [4.69, 9.17) is 10.5 Å². The second-order valence-corrected chi connectivity index (χ2v) is 7.19. The molecule has 2 fully saturated rings. The highest BCUT2D eigenvalue weighted by atomic mass is 16.5. The summed E-state index contributed by atoms with van der Waals surface area (Å²) in [6, 6.07) is 0.598. The van der Waals surface area contributed by atoms with Gasteiger partial charge in [0.05, 0.1) is 6.10 Å². The van der Waals surface area contributed by atoms with E-state index in [2.05, 4.69) is 25.7 Å². The van der Waals surface area contributed by atoms with E-state index < -0.39 is 0 Å². The fourth-order valence-corrected chi connectivity index (χ4v) is 4.22. The first-order valence-corrected chi connectivity index (χ1v) is 7.42. The zero-order valence-electron chi connectivity index (χ0n) is 12.5. The lowest BCUT2D eigenvalue weighted by molar-refractivity contribution is -0.0345. The molecule has 3 atom stereocenters. The van der Waals surface area contributed by atoms with E-state index in [1.807, 2.05) is 7.11 Å². The van der Waals surface area contributed by atoms with Gasteiger partial charge in [-0.15, -0.1) is 0 Å². The van der Waals surface area contributed by atoms with Gasteiger partial charge in [0.2, 0.25) is 0 Å². The molecule has 2 N–H and O–H groups in total. The van der Waals surface area contributed by atoms with Crippen molar-refractivity contribution in [3.05, 3.63) is 0 Å². The lowest BCUT2D eigenvalue weighted by Crippen LogP contribution is -2.59. The molecule has 106 valence electrons. The van der Waals surface area contributed by atoms with Crippen molar-refractivity contribution < 1.29 is 4.74 Å². The molecule has 3 unspecified atom stereocenters. The summed E-state index contributed by atoms with van der Waals surface area (Å²) in [4.78, 5) is 2.69. The summed E-state index contributed by atoms with van der Waals surface area (Å²) in [5, 5.41) is 0. The number of rotatable bonds is 3. The Hall–Kier alpha value is -0.120. The standard InChI is InChI=1S/C15H30N2O/c1-12-9-13(18-4)5-8-17(12)15(11-16)7-6-14(2,3)10-15/h12-13H,5-11,16H2,1-4H3. The molecule has 3 heteroatoms. The Bertz CT molecular complexity index is 292. The maximum Gasteiger partial charge on any atom is 0.0598 e. The third kappa shape index (κ3) is 2.59. The van der Waals surface area contributed by atoms with E-state index in [0.717, 1.165) is 25.9 Å². The van der Waals surface area contributed by atoms with Crippen LogP contribution in [0.1, 0.15) is 52.9 Å². The summed E-state index contributed by atoms with van der Waals surface area (Å²) >= 11 is 0. The number of methoxy groups -OCH3 is 1. The molecule has 1 aliphatic carbocycles. The average molecular weight is 254 g/mol. The first-order chi connectivity index (χ1) is 8.42. The van der Waals surface area contributed by atoms with Crippen LogP contribution in [-0.2, 0) is 4.74 Å². The van der Waals surface area contributed by atoms with Gasteiger partial charge >= 0.3 is 0 Å². The Morgan fingerprint density at radius 3 is 2.50 bits per heavy atom. The number of nitrogens with zero attached hydrogens (tertiary/aromatic N) is 1. The third-order valence-corrected chi connectivity index (χ3v) is 5.23. The van der Waals surface area contributed by atoms with E-state index in [1.165, 1.54) is 19.3 Å². The van der Waals surface area contributed by atoms with Crippen molar-refractivity contribution >= 4 is 0 Å². The smallest absolute Gasteiger partial charge is 0.0598 e. The monoisotopic (exact) mass is 254 g/mol. The summed E-state index contributed by atoms with van der Waals surface area (Å²) in [5.41, 5.74) is 6.88. The number of hydrogen-bond donors (Lipinski definition) is 1. The fourth-order valence-electron chi connectivity index (χ4n) is 4.22. The maximum absolute atomic E-state index is 6.18. The molecule has 2 aliphatic rings. The van der Waals surface area contributed by atoms with Crippen molar-refractivity contribution in [2.24, 2.45) is 11.1 Å². The molecule has 1 heterocycles. The van der Waals surface area contributed by atoms with Gasteiger partial charge in [-0.1, -0.05) is 13.8 Å². The van der Waals surface area contributed by atoms with Gasteiger partial charge in [0.1, 0.15) is 0 Å². The number of nitrogens with two attached hydrogens (primary N) is 1. The van der Waals surface area contributed by atoms with Crippen LogP contribution in [0.2, 0.25) is 0 Å². The van der Waals surface area contributed by atoms with Crippen molar-refractivity contribution in [3.8, 4) is 0 Å². The van der Waals surface area contributed by atoms with Crippen LogP contribution in [-0.4, -0.2) is 42.8 Å². The van der Waals surface area contributed by atoms with Crippen LogP contribution >= 0.6 is 0 Å². The number of piperidine rings is 1. The summed E-state index contributed by atoms with van der Waals surface area (Å²) < 4.78 is 5.52. The van der Waals surface area contributed by atoms with Crippen molar-refractivity contribution in [2.75, 3.05) is 20.2 Å². The SMILES string of the molecule is COC1CCN(C2(CN)CCC(C)(C)C2)C(C)C1.